The molecule has 2 saturated heterocycles. The van der Waals surface area contributed by atoms with E-state index in [1.807, 2.05) is 30.0 Å². The molecule has 49 heavy (non-hydrogen) atoms. The van der Waals surface area contributed by atoms with E-state index in [0.29, 0.717) is 52.0 Å². The summed E-state index contributed by atoms with van der Waals surface area (Å²) in [4.78, 5) is 43.4. The Balaban J connectivity index is 1.25. The van der Waals surface area contributed by atoms with Gasteiger partial charge in [-0.25, -0.2) is 0 Å². The minimum atomic E-state index is -1.35. The predicted octanol–water partition coefficient (Wildman–Crippen LogP) is 1.88. The van der Waals surface area contributed by atoms with Crippen molar-refractivity contribution in [2.24, 2.45) is 0 Å². The number of rotatable bonds is 11. The SMILES string of the molecule is CS#CC1O[C@@H](c2ccc(C)c(Cc3ccc(CCCC(=O)NC(C)(C)C(=O)N4CCN(CC(=O)N(C)C)CC4)cc3)c2)[C@H](O)[C@@H](O)[C@@H]1O. The van der Waals surface area contributed by atoms with E-state index in [1.165, 1.54) is 11.2 Å². The molecule has 0 saturated carbocycles. The maximum Gasteiger partial charge on any atom is 0.247 e. The van der Waals surface area contributed by atoms with Gasteiger partial charge in [-0.15, -0.1) is 11.2 Å². The number of nitrogens with one attached hydrogen (secondary N) is 1. The molecule has 5 atom stereocenters. The zero-order valence-corrected chi connectivity index (χ0v) is 30.3. The number of hydrogen-bond acceptors (Lipinski definition) is 8. The van der Waals surface area contributed by atoms with Crippen molar-refractivity contribution in [2.75, 3.05) is 53.1 Å². The van der Waals surface area contributed by atoms with E-state index in [-0.39, 0.29) is 17.7 Å². The lowest BCUT2D eigenvalue weighted by Gasteiger charge is -2.39. The van der Waals surface area contributed by atoms with Crippen molar-refractivity contribution < 1.29 is 34.4 Å². The molecule has 4 N–H and O–H groups in total. The minimum Gasteiger partial charge on any atom is -0.387 e. The van der Waals surface area contributed by atoms with Crippen LogP contribution in [0.4, 0.5) is 0 Å². The Labute approximate surface area is 293 Å². The van der Waals surface area contributed by atoms with Crippen molar-refractivity contribution in [1.82, 2.24) is 20.0 Å². The summed E-state index contributed by atoms with van der Waals surface area (Å²) in [6.45, 7) is 8.11. The molecule has 2 aromatic carbocycles. The van der Waals surface area contributed by atoms with Crippen molar-refractivity contribution in [1.29, 1.82) is 0 Å². The summed E-state index contributed by atoms with van der Waals surface area (Å²) < 4.78 is 5.96. The zero-order valence-electron chi connectivity index (χ0n) is 29.5. The smallest absolute Gasteiger partial charge is 0.247 e. The molecule has 2 aliphatic rings. The number of carbonyl (C=O) groups is 3. The third-order valence-electron chi connectivity index (χ3n) is 9.34. The largest absolute Gasteiger partial charge is 0.387 e. The number of aryl methyl sites for hydroxylation is 2. The van der Waals surface area contributed by atoms with Crippen molar-refractivity contribution in [3.63, 3.8) is 0 Å². The van der Waals surface area contributed by atoms with Gasteiger partial charge in [-0.05, 0) is 67.9 Å². The third kappa shape index (κ3) is 10.1. The van der Waals surface area contributed by atoms with E-state index in [1.54, 1.807) is 44.0 Å². The maximum absolute atomic E-state index is 13.2. The molecule has 1 unspecified atom stereocenters. The Morgan fingerprint density at radius 1 is 0.980 bits per heavy atom. The first-order valence-corrected chi connectivity index (χ1v) is 18.1. The van der Waals surface area contributed by atoms with Crippen LogP contribution in [0.3, 0.4) is 0 Å². The van der Waals surface area contributed by atoms with Crippen LogP contribution in [0.5, 0.6) is 0 Å². The highest BCUT2D eigenvalue weighted by Crippen LogP contribution is 2.33. The number of amides is 3. The van der Waals surface area contributed by atoms with Gasteiger partial charge in [-0.2, -0.15) is 0 Å². The number of aliphatic hydroxyl groups excluding tert-OH is 3. The zero-order chi connectivity index (χ0) is 35.9. The molecule has 268 valence electrons. The fourth-order valence-corrected chi connectivity index (χ4v) is 6.65. The lowest BCUT2D eigenvalue weighted by Crippen LogP contribution is -2.60. The van der Waals surface area contributed by atoms with Crippen molar-refractivity contribution in [3.05, 3.63) is 70.3 Å². The van der Waals surface area contributed by atoms with Gasteiger partial charge < -0.3 is 35.2 Å². The normalized spacial score (nSPS) is 23.0. The summed E-state index contributed by atoms with van der Waals surface area (Å²) >= 11 is 1.27. The van der Waals surface area contributed by atoms with Gasteiger partial charge in [0.1, 0.15) is 36.1 Å². The average molecular weight is 697 g/mol. The monoisotopic (exact) mass is 696 g/mol. The van der Waals surface area contributed by atoms with E-state index in [2.05, 4.69) is 34.8 Å². The highest BCUT2D eigenvalue weighted by atomic mass is 32.1. The summed E-state index contributed by atoms with van der Waals surface area (Å²) in [6, 6.07) is 14.1. The standard InChI is InChI=1S/C37H52N4O7S/c1-24-10-15-27(35-34(46)33(45)32(44)29(48-35)23-49-6)21-28(24)20-26-13-11-25(12-14-26)8-7-9-30(42)38-37(2,3)36(47)41-18-16-40(17-19-41)22-31(43)39(4)5/h10-15,21,29,32-35,44-46H,7-9,16-20,22H2,1-6H3,(H,38,42)/t29?,32-,33+,34-,35+/m1/s1. The second-order valence-corrected chi connectivity index (χ2v) is 14.5. The van der Waals surface area contributed by atoms with Crippen molar-refractivity contribution in [3.8, 4) is 5.18 Å². The Morgan fingerprint density at radius 2 is 1.63 bits per heavy atom. The Kier molecular flexibility index (Phi) is 13.4. The fourth-order valence-electron chi connectivity index (χ4n) is 6.23. The van der Waals surface area contributed by atoms with Crippen LogP contribution in [-0.4, -0.2) is 131 Å². The van der Waals surface area contributed by atoms with Crippen LogP contribution in [0.2, 0.25) is 0 Å². The molecule has 0 spiro atoms. The number of carbonyl (C=O) groups excluding carboxylic acids is 3. The minimum absolute atomic E-state index is 0.0381. The van der Waals surface area contributed by atoms with Gasteiger partial charge in [0, 0.05) is 53.0 Å². The molecular weight excluding hydrogens is 644 g/mol. The third-order valence-corrected chi connectivity index (χ3v) is 9.81. The molecule has 2 fully saturated rings. The molecule has 0 aromatic heterocycles. The molecule has 12 heteroatoms. The van der Waals surface area contributed by atoms with Crippen LogP contribution in [-0.2, 0) is 32.0 Å². The first-order valence-electron chi connectivity index (χ1n) is 16.9. The average Bonchev–Trinajstić information content (AvgIpc) is 3.06. The van der Waals surface area contributed by atoms with Crippen LogP contribution in [0.25, 0.3) is 0 Å². The lowest BCUT2D eigenvalue weighted by molar-refractivity contribution is -0.209. The molecule has 0 radical (unpaired) electrons. The highest BCUT2D eigenvalue weighted by molar-refractivity contribution is 7.87. The maximum atomic E-state index is 13.2. The lowest BCUT2D eigenvalue weighted by atomic mass is 9.89. The first-order chi connectivity index (χ1) is 23.2. The first kappa shape index (κ1) is 38.5. The van der Waals surface area contributed by atoms with Crippen LogP contribution in [0.15, 0.2) is 42.5 Å². The number of hydrogen-bond donors (Lipinski definition) is 4. The number of nitrogens with zero attached hydrogens (tertiary/aromatic N) is 3. The predicted molar refractivity (Wildman–Crippen MR) is 190 cm³/mol. The molecule has 2 aliphatic heterocycles. The summed E-state index contributed by atoms with van der Waals surface area (Å²) in [5, 5.41) is 37.3. The van der Waals surface area contributed by atoms with Crippen LogP contribution in [0, 0.1) is 12.1 Å². The Bertz CT molecular complexity index is 1530. The number of ether oxygens (including phenoxy) is 1. The Hall–Kier alpha value is -3.35. The van der Waals surface area contributed by atoms with Gasteiger partial charge >= 0.3 is 0 Å². The number of benzene rings is 2. The second kappa shape index (κ2) is 17.0. The molecule has 0 bridgehead atoms. The van der Waals surface area contributed by atoms with Gasteiger partial charge in [0.15, 0.2) is 0 Å². The van der Waals surface area contributed by atoms with Crippen LogP contribution >= 0.6 is 11.2 Å². The summed E-state index contributed by atoms with van der Waals surface area (Å²) in [5.41, 5.74) is 4.07. The molecule has 2 aromatic rings. The van der Waals surface area contributed by atoms with E-state index in [4.69, 9.17) is 4.74 Å². The molecular formula is C37H52N4O7S. The topological polar surface area (TPSA) is 143 Å². The molecule has 0 aliphatic carbocycles. The van der Waals surface area contributed by atoms with Gasteiger partial charge in [0.05, 0.1) is 6.54 Å². The molecule has 2 heterocycles. The summed E-state index contributed by atoms with van der Waals surface area (Å²) in [6.07, 6.45) is -1.36. The van der Waals surface area contributed by atoms with Crippen LogP contribution < -0.4 is 5.32 Å². The van der Waals surface area contributed by atoms with Crippen LogP contribution in [0.1, 0.15) is 60.6 Å². The Morgan fingerprint density at radius 3 is 2.27 bits per heavy atom. The summed E-state index contributed by atoms with van der Waals surface area (Å²) in [5.74, 6) is -0.243. The number of likely N-dealkylation sites (N-methyl/N-ethyl adjacent to an activating group) is 1. The van der Waals surface area contributed by atoms with E-state index >= 15 is 0 Å². The number of piperazine rings is 1. The van der Waals surface area contributed by atoms with Crippen molar-refractivity contribution in [2.45, 2.75) is 82.5 Å². The van der Waals surface area contributed by atoms with E-state index in [9.17, 15) is 29.7 Å². The van der Waals surface area contributed by atoms with Gasteiger partial charge in [0.2, 0.25) is 17.7 Å². The van der Waals surface area contributed by atoms with E-state index < -0.39 is 36.1 Å². The molecule has 4 rings (SSSR count). The highest BCUT2D eigenvalue weighted by Gasteiger charge is 2.44. The molecule has 11 nitrogen and oxygen atoms in total. The second-order valence-electron chi connectivity index (χ2n) is 13.8. The summed E-state index contributed by atoms with van der Waals surface area (Å²) in [7, 11) is 3.47. The van der Waals surface area contributed by atoms with Gasteiger partial charge in [-0.1, -0.05) is 47.6 Å². The number of aliphatic hydroxyl groups is 3. The fraction of sp³-hybridized carbons (Fsp3) is 0.568. The molecule has 3 amide bonds. The van der Waals surface area contributed by atoms with Crippen molar-refractivity contribution >= 4 is 28.9 Å². The van der Waals surface area contributed by atoms with Gasteiger partial charge in [0.25, 0.3) is 0 Å². The quantitative estimate of drug-likeness (QED) is 0.279. The van der Waals surface area contributed by atoms with Gasteiger partial charge in [-0.3, -0.25) is 19.3 Å². The van der Waals surface area contributed by atoms with E-state index in [0.717, 1.165) is 34.2 Å².